The zero-order valence-corrected chi connectivity index (χ0v) is 28.1. The van der Waals surface area contributed by atoms with Gasteiger partial charge in [-0.25, -0.2) is 13.2 Å². The molecule has 0 atom stereocenters. The average Bonchev–Trinajstić information content (AvgIpc) is 3.94. The van der Waals surface area contributed by atoms with Gasteiger partial charge in [-0.2, -0.15) is 24.1 Å². The zero-order valence-electron chi connectivity index (χ0n) is 28.1. The highest BCUT2D eigenvalue weighted by Gasteiger charge is 2.29. The number of amides is 2. The molecule has 0 N–H and O–H groups in total. The Balaban J connectivity index is 1.12. The molecule has 0 spiro atoms. The van der Waals surface area contributed by atoms with E-state index in [9.17, 15) is 22.8 Å². The second-order valence-corrected chi connectivity index (χ2v) is 12.2. The van der Waals surface area contributed by atoms with Crippen molar-refractivity contribution < 1.29 is 31.6 Å². The van der Waals surface area contributed by atoms with Crippen molar-refractivity contribution >= 4 is 29.2 Å². The van der Waals surface area contributed by atoms with E-state index in [0.29, 0.717) is 34.4 Å². The van der Waals surface area contributed by atoms with Crippen LogP contribution in [-0.4, -0.2) is 60.0 Å². The maximum Gasteiger partial charge on any atom is 0.326 e. The van der Waals surface area contributed by atoms with Crippen LogP contribution in [0.2, 0.25) is 0 Å². The van der Waals surface area contributed by atoms with E-state index in [-0.39, 0.29) is 47.7 Å². The normalized spacial score (nSPS) is 11.4. The van der Waals surface area contributed by atoms with Crippen molar-refractivity contribution in [1.29, 1.82) is 0 Å². The van der Waals surface area contributed by atoms with Gasteiger partial charge in [-0.1, -0.05) is 60.7 Å². The van der Waals surface area contributed by atoms with Gasteiger partial charge in [0.15, 0.2) is 5.82 Å². The number of halogens is 3. The Morgan fingerprint density at radius 1 is 0.736 bits per heavy atom. The first-order chi connectivity index (χ1) is 25.6. The molecule has 53 heavy (non-hydrogen) atoms. The van der Waals surface area contributed by atoms with E-state index in [1.807, 2.05) is 42.5 Å². The SMILES string of the molecule is CN(Cc1ccc(F)cc1)C(=O)c1oc2nc(-c3cccc(Cc4c(C(=O)N(C)c5ccc(F)cc5F)oc5ncnn45)c3)nn2c1-c1ccccc1. The number of hydrogen-bond donors (Lipinski definition) is 0. The molecule has 0 aliphatic heterocycles. The second kappa shape index (κ2) is 13.3. The van der Waals surface area contributed by atoms with Crippen molar-refractivity contribution in [3.8, 4) is 22.6 Å². The van der Waals surface area contributed by atoms with E-state index < -0.39 is 23.4 Å². The monoisotopic (exact) mass is 716 g/mol. The van der Waals surface area contributed by atoms with Gasteiger partial charge >= 0.3 is 11.7 Å². The highest BCUT2D eigenvalue weighted by atomic mass is 19.1. The van der Waals surface area contributed by atoms with Crippen LogP contribution in [0, 0.1) is 17.5 Å². The van der Waals surface area contributed by atoms with Gasteiger partial charge in [-0.05, 0) is 41.5 Å². The third kappa shape index (κ3) is 6.17. The summed E-state index contributed by atoms with van der Waals surface area (Å²) >= 11 is 0. The molecule has 264 valence electrons. The fourth-order valence-electron chi connectivity index (χ4n) is 6.05. The minimum atomic E-state index is -0.910. The Hall–Kier alpha value is -7.03. The van der Waals surface area contributed by atoms with Gasteiger partial charge in [-0.3, -0.25) is 9.59 Å². The number of carbonyl (C=O) groups excluding carboxylic acids is 2. The van der Waals surface area contributed by atoms with E-state index in [1.54, 1.807) is 31.3 Å². The summed E-state index contributed by atoms with van der Waals surface area (Å²) in [6, 6.07) is 25.3. The van der Waals surface area contributed by atoms with Crippen molar-refractivity contribution in [2.24, 2.45) is 0 Å². The smallest absolute Gasteiger partial charge is 0.326 e. The lowest BCUT2D eigenvalue weighted by molar-refractivity contribution is 0.0756. The Kier molecular flexibility index (Phi) is 8.29. The van der Waals surface area contributed by atoms with Gasteiger partial charge in [0.25, 0.3) is 11.8 Å². The molecule has 12 nitrogen and oxygen atoms in total. The third-order valence-electron chi connectivity index (χ3n) is 8.67. The molecular formula is C38H27F3N8O4. The Labute approximate surface area is 298 Å². The van der Waals surface area contributed by atoms with Crippen molar-refractivity contribution in [1.82, 2.24) is 34.1 Å². The lowest BCUT2D eigenvalue weighted by Crippen LogP contribution is -2.28. The Morgan fingerprint density at radius 3 is 2.25 bits per heavy atom. The largest absolute Gasteiger partial charge is 0.416 e. The predicted molar refractivity (Wildman–Crippen MR) is 185 cm³/mol. The Bertz CT molecular complexity index is 2650. The fraction of sp³-hybridized carbons (Fsp3) is 0.105. The number of fused-ring (bicyclic) bond motifs is 2. The van der Waals surface area contributed by atoms with Gasteiger partial charge in [-0.15, -0.1) is 5.10 Å². The number of nitrogens with zero attached hydrogens (tertiary/aromatic N) is 8. The van der Waals surface area contributed by atoms with Crippen LogP contribution < -0.4 is 4.90 Å². The zero-order chi connectivity index (χ0) is 36.8. The predicted octanol–water partition coefficient (Wildman–Crippen LogP) is 6.85. The average molecular weight is 717 g/mol. The summed E-state index contributed by atoms with van der Waals surface area (Å²) in [4.78, 5) is 38.6. The fourth-order valence-corrected chi connectivity index (χ4v) is 6.05. The number of oxazole rings is 2. The molecule has 8 aromatic rings. The standard InChI is InChI=1S/C38H27F3N8O4/c1-46(20-22-11-13-26(39)14-12-22)35(50)33-31(24-8-4-3-5-9-24)49-38(53-33)44-34(45-49)25-10-6-7-23(17-25)18-30-32(52-37-42-21-43-48(30)37)36(51)47(2)29-16-15-27(40)19-28(29)41/h3-17,19,21H,18,20H2,1-2H3. The van der Waals surface area contributed by atoms with Crippen LogP contribution in [-0.2, 0) is 13.0 Å². The number of benzene rings is 4. The molecule has 0 unspecified atom stereocenters. The molecular weight excluding hydrogens is 689 g/mol. The minimum Gasteiger partial charge on any atom is -0.416 e. The minimum absolute atomic E-state index is 0.0376. The van der Waals surface area contributed by atoms with E-state index in [4.69, 9.17) is 13.9 Å². The lowest BCUT2D eigenvalue weighted by atomic mass is 10.0. The maximum absolute atomic E-state index is 14.6. The summed E-state index contributed by atoms with van der Waals surface area (Å²) in [5, 5.41) is 8.96. The highest BCUT2D eigenvalue weighted by Crippen LogP contribution is 2.31. The van der Waals surface area contributed by atoms with E-state index in [1.165, 1.54) is 45.5 Å². The van der Waals surface area contributed by atoms with Crippen molar-refractivity contribution in [3.63, 3.8) is 0 Å². The molecule has 0 saturated heterocycles. The topological polar surface area (TPSA) is 127 Å². The molecule has 0 radical (unpaired) electrons. The van der Waals surface area contributed by atoms with Crippen LogP contribution in [0.3, 0.4) is 0 Å². The summed E-state index contributed by atoms with van der Waals surface area (Å²) < 4.78 is 56.4. The summed E-state index contributed by atoms with van der Waals surface area (Å²) in [7, 11) is 2.98. The second-order valence-electron chi connectivity index (χ2n) is 12.2. The number of hydrogen-bond acceptors (Lipinski definition) is 8. The quantitative estimate of drug-likeness (QED) is 0.159. The number of carbonyl (C=O) groups is 2. The summed E-state index contributed by atoms with van der Waals surface area (Å²) in [5.74, 6) is -2.78. The summed E-state index contributed by atoms with van der Waals surface area (Å²) in [5.41, 5.74) is 3.36. The molecule has 15 heteroatoms. The third-order valence-corrected chi connectivity index (χ3v) is 8.67. The van der Waals surface area contributed by atoms with Crippen LogP contribution >= 0.6 is 0 Å². The lowest BCUT2D eigenvalue weighted by Gasteiger charge is -2.17. The van der Waals surface area contributed by atoms with Gasteiger partial charge < -0.3 is 18.6 Å². The number of rotatable bonds is 9. The van der Waals surface area contributed by atoms with Gasteiger partial charge in [0.05, 0.1) is 5.69 Å². The van der Waals surface area contributed by atoms with Gasteiger partial charge in [0.1, 0.15) is 35.2 Å². The van der Waals surface area contributed by atoms with Crippen LogP contribution in [0.25, 0.3) is 34.3 Å². The molecule has 8 rings (SSSR count). The van der Waals surface area contributed by atoms with Crippen LogP contribution in [0.4, 0.5) is 18.9 Å². The maximum atomic E-state index is 14.6. The first-order valence-electron chi connectivity index (χ1n) is 16.2. The highest BCUT2D eigenvalue weighted by molar-refractivity contribution is 6.05. The summed E-state index contributed by atoms with van der Waals surface area (Å²) in [6.07, 6.45) is 1.42. The van der Waals surface area contributed by atoms with Crippen molar-refractivity contribution in [2.75, 3.05) is 19.0 Å². The van der Waals surface area contributed by atoms with E-state index in [0.717, 1.165) is 22.1 Å². The van der Waals surface area contributed by atoms with Gasteiger partial charge in [0, 0.05) is 44.3 Å². The van der Waals surface area contributed by atoms with Crippen molar-refractivity contribution in [2.45, 2.75) is 13.0 Å². The Morgan fingerprint density at radius 2 is 1.47 bits per heavy atom. The molecule has 4 aromatic heterocycles. The first kappa shape index (κ1) is 33.1. The molecule has 0 aliphatic rings. The summed E-state index contributed by atoms with van der Waals surface area (Å²) in [6.45, 7) is 0.214. The van der Waals surface area contributed by atoms with Gasteiger partial charge in [0.2, 0.25) is 11.5 Å². The van der Waals surface area contributed by atoms with Crippen LogP contribution in [0.1, 0.15) is 37.9 Å². The molecule has 0 fully saturated rings. The molecule has 4 heterocycles. The molecule has 0 aliphatic carbocycles. The van der Waals surface area contributed by atoms with Crippen molar-refractivity contribution in [3.05, 3.63) is 149 Å². The van der Waals surface area contributed by atoms with E-state index >= 15 is 0 Å². The molecule has 4 aromatic carbocycles. The van der Waals surface area contributed by atoms with E-state index in [2.05, 4.69) is 15.1 Å². The van der Waals surface area contributed by atoms with Crippen LogP contribution in [0.5, 0.6) is 0 Å². The van der Waals surface area contributed by atoms with Crippen LogP contribution in [0.15, 0.2) is 112 Å². The number of aromatic nitrogens is 6. The molecule has 0 saturated carbocycles. The molecule has 2 amide bonds. The number of anilines is 1. The molecule has 0 bridgehead atoms. The first-order valence-corrected chi connectivity index (χ1v) is 16.2.